The molecule has 3 aliphatic rings. The molecular weight excluding hydrogens is 531 g/mol. The van der Waals surface area contributed by atoms with Crippen molar-refractivity contribution in [1.29, 1.82) is 0 Å². The highest BCUT2D eigenvalue weighted by molar-refractivity contribution is 6.39. The third-order valence-electron chi connectivity index (χ3n) is 7.75. The van der Waals surface area contributed by atoms with E-state index in [1.807, 2.05) is 6.07 Å². The van der Waals surface area contributed by atoms with Crippen LogP contribution in [-0.2, 0) is 4.74 Å². The van der Waals surface area contributed by atoms with E-state index in [4.69, 9.17) is 37.2 Å². The number of methoxy groups -OCH3 is 1. The molecule has 2 bridgehead atoms. The van der Waals surface area contributed by atoms with E-state index in [9.17, 15) is 14.7 Å². The Hall–Kier alpha value is -3.23. The summed E-state index contributed by atoms with van der Waals surface area (Å²) < 4.78 is 17.1. The standard InChI is InChI=1S/C28H26Cl2N2O6/c1-36-22-13-17(9-10-19(22)27(33)34)32-15-7-8-16(32)12-18(11-15)37-28(35)24-25(31-38-26(24)14-5-6-14)23-20(29)3-2-4-21(23)30/h2-4,9-10,13-16,18H,5-8,11-12H2,1H3,(H,33,34)/t15-,16+,18-. The van der Waals surface area contributed by atoms with Gasteiger partial charge in [0.05, 0.1) is 17.2 Å². The molecule has 3 atom stereocenters. The second kappa shape index (κ2) is 9.82. The first-order chi connectivity index (χ1) is 18.4. The number of carbonyl (C=O) groups excluding carboxylic acids is 1. The number of benzene rings is 2. The molecule has 198 valence electrons. The number of carbonyl (C=O) groups is 2. The number of carboxylic acid groups (broad SMARTS) is 1. The Balaban J connectivity index is 1.24. The van der Waals surface area contributed by atoms with Crippen molar-refractivity contribution < 1.29 is 28.7 Å². The summed E-state index contributed by atoms with van der Waals surface area (Å²) in [6.07, 6.45) is 4.84. The summed E-state index contributed by atoms with van der Waals surface area (Å²) in [5.74, 6) is -0.495. The fourth-order valence-electron chi connectivity index (χ4n) is 5.89. The van der Waals surface area contributed by atoms with Crippen LogP contribution in [0.5, 0.6) is 5.75 Å². The van der Waals surface area contributed by atoms with Gasteiger partial charge in [0.25, 0.3) is 0 Å². The van der Waals surface area contributed by atoms with Gasteiger partial charge in [0.2, 0.25) is 0 Å². The molecule has 3 heterocycles. The van der Waals surface area contributed by atoms with Crippen LogP contribution in [0.4, 0.5) is 5.69 Å². The van der Waals surface area contributed by atoms with Gasteiger partial charge in [-0.15, -0.1) is 0 Å². The molecule has 10 heteroatoms. The molecule has 8 nitrogen and oxygen atoms in total. The Morgan fingerprint density at radius 2 is 1.74 bits per heavy atom. The van der Waals surface area contributed by atoms with Crippen LogP contribution < -0.4 is 9.64 Å². The quantitative estimate of drug-likeness (QED) is 0.325. The molecule has 3 aromatic rings. The number of anilines is 1. The van der Waals surface area contributed by atoms with Crippen LogP contribution in [0.25, 0.3) is 11.3 Å². The minimum absolute atomic E-state index is 0.127. The largest absolute Gasteiger partial charge is 0.496 e. The summed E-state index contributed by atoms with van der Waals surface area (Å²) in [7, 11) is 1.47. The molecule has 1 aromatic heterocycles. The maximum absolute atomic E-state index is 13.6. The van der Waals surface area contributed by atoms with Gasteiger partial charge in [-0.1, -0.05) is 34.4 Å². The van der Waals surface area contributed by atoms with Crippen molar-refractivity contribution >= 4 is 40.8 Å². The van der Waals surface area contributed by atoms with E-state index < -0.39 is 11.9 Å². The van der Waals surface area contributed by atoms with E-state index in [-0.39, 0.29) is 29.7 Å². The first kappa shape index (κ1) is 25.1. The zero-order chi connectivity index (χ0) is 26.6. The van der Waals surface area contributed by atoms with Crippen molar-refractivity contribution in [3.63, 3.8) is 0 Å². The van der Waals surface area contributed by atoms with Crippen LogP contribution in [-0.4, -0.2) is 47.5 Å². The Morgan fingerprint density at radius 3 is 2.34 bits per heavy atom. The highest BCUT2D eigenvalue weighted by Crippen LogP contribution is 2.47. The Labute approximate surface area is 229 Å². The van der Waals surface area contributed by atoms with E-state index in [0.29, 0.717) is 51.2 Å². The van der Waals surface area contributed by atoms with Crippen molar-refractivity contribution in [2.24, 2.45) is 0 Å². The predicted molar refractivity (Wildman–Crippen MR) is 142 cm³/mol. The van der Waals surface area contributed by atoms with Crippen LogP contribution >= 0.6 is 23.2 Å². The molecule has 0 radical (unpaired) electrons. The minimum atomic E-state index is -1.03. The van der Waals surface area contributed by atoms with Gasteiger partial charge in [0.1, 0.15) is 28.7 Å². The molecule has 2 saturated heterocycles. The number of ether oxygens (including phenoxy) is 2. The molecule has 1 saturated carbocycles. The number of hydrogen-bond acceptors (Lipinski definition) is 7. The predicted octanol–water partition coefficient (Wildman–Crippen LogP) is 6.59. The molecule has 0 spiro atoms. The first-order valence-corrected chi connectivity index (χ1v) is 13.5. The Bertz CT molecular complexity index is 1380. The molecule has 1 aliphatic carbocycles. The molecule has 6 rings (SSSR count). The van der Waals surface area contributed by atoms with Gasteiger partial charge < -0.3 is 24.0 Å². The summed E-state index contributed by atoms with van der Waals surface area (Å²) in [5.41, 5.74) is 2.13. The lowest BCUT2D eigenvalue weighted by Crippen LogP contribution is -2.46. The van der Waals surface area contributed by atoms with E-state index in [1.165, 1.54) is 7.11 Å². The van der Waals surface area contributed by atoms with Gasteiger partial charge in [-0.2, -0.15) is 0 Å². The Kier molecular flexibility index (Phi) is 6.48. The zero-order valence-corrected chi connectivity index (χ0v) is 22.2. The second-order valence-corrected chi connectivity index (χ2v) is 10.9. The lowest BCUT2D eigenvalue weighted by atomic mass is 9.98. The molecule has 3 fully saturated rings. The average Bonchev–Trinajstić information content (AvgIpc) is 3.59. The zero-order valence-electron chi connectivity index (χ0n) is 20.7. The number of rotatable bonds is 7. The Morgan fingerprint density at radius 1 is 1.05 bits per heavy atom. The minimum Gasteiger partial charge on any atom is -0.496 e. The van der Waals surface area contributed by atoms with Gasteiger partial charge in [-0.3, -0.25) is 0 Å². The smallest absolute Gasteiger partial charge is 0.344 e. The number of esters is 1. The highest BCUT2D eigenvalue weighted by Gasteiger charge is 2.44. The van der Waals surface area contributed by atoms with Crippen molar-refractivity contribution in [2.45, 2.75) is 62.6 Å². The average molecular weight is 557 g/mol. The monoisotopic (exact) mass is 556 g/mol. The van der Waals surface area contributed by atoms with E-state index in [1.54, 1.807) is 30.3 Å². The highest BCUT2D eigenvalue weighted by atomic mass is 35.5. The molecule has 1 N–H and O–H groups in total. The second-order valence-electron chi connectivity index (χ2n) is 10.1. The summed E-state index contributed by atoms with van der Waals surface area (Å²) in [6.45, 7) is 0. The maximum atomic E-state index is 13.6. The maximum Gasteiger partial charge on any atom is 0.344 e. The molecule has 2 aliphatic heterocycles. The molecule has 2 aromatic carbocycles. The number of aromatic nitrogens is 1. The van der Waals surface area contributed by atoms with E-state index >= 15 is 0 Å². The van der Waals surface area contributed by atoms with Crippen LogP contribution in [0.1, 0.15) is 70.9 Å². The SMILES string of the molecule is COc1cc(N2[C@@H]3CC[C@H]2C[C@H](OC(=O)c2c(-c4c(Cl)cccc4Cl)noc2C2CC2)C3)ccc1C(=O)O. The third kappa shape index (κ3) is 4.39. The molecular formula is C28H26Cl2N2O6. The number of aromatic carboxylic acids is 1. The summed E-state index contributed by atoms with van der Waals surface area (Å²) >= 11 is 12.9. The fraction of sp³-hybridized carbons (Fsp3) is 0.393. The van der Waals surface area contributed by atoms with Gasteiger partial charge in [0.15, 0.2) is 5.76 Å². The van der Waals surface area contributed by atoms with Crippen molar-refractivity contribution in [3.05, 3.63) is 63.3 Å². The van der Waals surface area contributed by atoms with Crippen molar-refractivity contribution in [3.8, 4) is 17.0 Å². The molecule has 0 amide bonds. The van der Waals surface area contributed by atoms with Gasteiger partial charge in [0, 0.05) is 48.2 Å². The third-order valence-corrected chi connectivity index (χ3v) is 8.38. The number of hydrogen-bond donors (Lipinski definition) is 1. The summed E-state index contributed by atoms with van der Waals surface area (Å²) in [4.78, 5) is 27.4. The number of nitrogens with zero attached hydrogens (tertiary/aromatic N) is 2. The fourth-order valence-corrected chi connectivity index (χ4v) is 6.47. The van der Waals surface area contributed by atoms with Crippen LogP contribution in [0.2, 0.25) is 10.0 Å². The van der Waals surface area contributed by atoms with Crippen molar-refractivity contribution in [1.82, 2.24) is 5.16 Å². The number of piperidine rings is 1. The summed E-state index contributed by atoms with van der Waals surface area (Å²) in [5, 5.41) is 14.4. The van der Waals surface area contributed by atoms with Crippen molar-refractivity contribution in [2.75, 3.05) is 12.0 Å². The van der Waals surface area contributed by atoms with Crippen LogP contribution in [0.3, 0.4) is 0 Å². The number of halogens is 2. The summed E-state index contributed by atoms with van der Waals surface area (Å²) in [6, 6.07) is 10.6. The van der Waals surface area contributed by atoms with Crippen LogP contribution in [0, 0.1) is 0 Å². The number of carboxylic acids is 1. The van der Waals surface area contributed by atoms with E-state index in [0.717, 1.165) is 31.4 Å². The van der Waals surface area contributed by atoms with Crippen LogP contribution in [0.15, 0.2) is 40.9 Å². The van der Waals surface area contributed by atoms with Gasteiger partial charge in [-0.05, 0) is 49.9 Å². The molecule has 38 heavy (non-hydrogen) atoms. The first-order valence-electron chi connectivity index (χ1n) is 12.7. The lowest BCUT2D eigenvalue weighted by Gasteiger charge is -2.40. The number of fused-ring (bicyclic) bond motifs is 2. The topological polar surface area (TPSA) is 102 Å². The van der Waals surface area contributed by atoms with Gasteiger partial charge in [-0.25, -0.2) is 9.59 Å². The van der Waals surface area contributed by atoms with Gasteiger partial charge >= 0.3 is 11.9 Å². The lowest BCUT2D eigenvalue weighted by molar-refractivity contribution is 0.0202. The van der Waals surface area contributed by atoms with E-state index in [2.05, 4.69) is 10.1 Å². The normalized spacial score (nSPS) is 22.4. The molecule has 0 unspecified atom stereocenters.